The van der Waals surface area contributed by atoms with Gasteiger partial charge in [-0.25, -0.2) is 0 Å². The highest BCUT2D eigenvalue weighted by molar-refractivity contribution is 6.86. The topological polar surface area (TPSA) is 35.3 Å². The van der Waals surface area contributed by atoms with Gasteiger partial charge >= 0.3 is 0 Å². The van der Waals surface area contributed by atoms with Crippen molar-refractivity contribution in [1.29, 1.82) is 0 Å². The molecule has 1 aliphatic rings. The fraction of sp³-hybridized carbons (Fsp3) is 0.233. The van der Waals surface area contributed by atoms with E-state index >= 15 is 0 Å². The van der Waals surface area contributed by atoms with Gasteiger partial charge in [0.15, 0.2) is 0 Å². The van der Waals surface area contributed by atoms with E-state index in [1.165, 1.54) is 16.3 Å². The smallest absolute Gasteiger partial charge is 0.277 e. The van der Waals surface area contributed by atoms with Crippen LogP contribution in [0.5, 0.6) is 5.75 Å². The number of fused-ring (bicyclic) bond motifs is 6. The van der Waals surface area contributed by atoms with Gasteiger partial charge in [0.25, 0.3) is 8.32 Å². The van der Waals surface area contributed by atoms with Crippen molar-refractivity contribution in [3.05, 3.63) is 78.5 Å². The monoisotopic (exact) mass is 463 g/mol. The first-order valence-electron chi connectivity index (χ1n) is 11.9. The minimum Gasteiger partial charge on any atom is -0.538 e. The summed E-state index contributed by atoms with van der Waals surface area (Å²) < 4.78 is 13.2. The summed E-state index contributed by atoms with van der Waals surface area (Å²) in [5.41, 5.74) is 7.59. The fourth-order valence-corrected chi connectivity index (χ4v) is 7.47. The highest BCUT2D eigenvalue weighted by Crippen LogP contribution is 2.45. The summed E-state index contributed by atoms with van der Waals surface area (Å²) in [6.07, 6.45) is 2.94. The molecule has 0 saturated heterocycles. The van der Waals surface area contributed by atoms with Crippen LogP contribution in [0.15, 0.2) is 77.3 Å². The minimum absolute atomic E-state index is 0.246. The molecule has 0 unspecified atom stereocenters. The Morgan fingerprint density at radius 3 is 2.44 bits per heavy atom. The van der Waals surface area contributed by atoms with Crippen molar-refractivity contribution in [2.45, 2.75) is 40.3 Å². The molecule has 170 valence electrons. The van der Waals surface area contributed by atoms with Gasteiger partial charge in [0.2, 0.25) is 0 Å². The number of hydrogen-bond acceptors (Lipinski definition) is 3. The number of benzene rings is 3. The molecule has 5 aromatic rings. The van der Waals surface area contributed by atoms with E-state index in [-0.39, 0.29) is 5.41 Å². The molecule has 0 bridgehead atoms. The third-order valence-corrected chi connectivity index (χ3v) is 9.10. The van der Waals surface area contributed by atoms with Crippen LogP contribution in [0.2, 0.25) is 13.1 Å². The Hall–Kier alpha value is -3.37. The van der Waals surface area contributed by atoms with Crippen LogP contribution in [0.1, 0.15) is 26.3 Å². The van der Waals surface area contributed by atoms with Crippen LogP contribution in [0, 0.1) is 5.41 Å². The summed E-state index contributed by atoms with van der Waals surface area (Å²) in [5, 5.41) is 3.59. The van der Waals surface area contributed by atoms with E-state index in [1.54, 1.807) is 0 Å². The van der Waals surface area contributed by atoms with Gasteiger partial charge in [0.05, 0.1) is 0 Å². The Bertz CT molecular complexity index is 1570. The Morgan fingerprint density at radius 1 is 0.824 bits per heavy atom. The summed E-state index contributed by atoms with van der Waals surface area (Å²) >= 11 is 0. The Kier molecular flexibility index (Phi) is 4.55. The number of rotatable bonds is 2. The highest BCUT2D eigenvalue weighted by atomic mass is 28.4. The maximum absolute atomic E-state index is 6.87. The third-order valence-electron chi connectivity index (χ3n) is 6.68. The molecule has 0 spiro atoms. The van der Waals surface area contributed by atoms with E-state index in [4.69, 9.17) is 13.8 Å². The van der Waals surface area contributed by atoms with Gasteiger partial charge < -0.3 is 8.84 Å². The first-order valence-corrected chi connectivity index (χ1v) is 14.8. The Labute approximate surface area is 201 Å². The maximum atomic E-state index is 6.87. The molecule has 6 rings (SSSR count). The van der Waals surface area contributed by atoms with Gasteiger partial charge in [-0.1, -0.05) is 69.3 Å². The second-order valence-corrected chi connectivity index (χ2v) is 14.8. The molecule has 34 heavy (non-hydrogen) atoms. The zero-order valence-corrected chi connectivity index (χ0v) is 21.4. The van der Waals surface area contributed by atoms with Crippen LogP contribution < -0.4 is 9.61 Å². The summed E-state index contributed by atoms with van der Waals surface area (Å²) in [6.45, 7) is 11.4. The lowest BCUT2D eigenvalue weighted by atomic mass is 9.87. The van der Waals surface area contributed by atoms with Crippen LogP contribution in [0.3, 0.4) is 0 Å². The van der Waals surface area contributed by atoms with Crippen LogP contribution >= 0.6 is 0 Å². The first kappa shape index (κ1) is 21.2. The minimum atomic E-state index is -2.20. The number of aromatic nitrogens is 1. The lowest BCUT2D eigenvalue weighted by molar-refractivity contribution is 0.411. The van der Waals surface area contributed by atoms with Crippen LogP contribution in [0.4, 0.5) is 0 Å². The molecule has 3 nitrogen and oxygen atoms in total. The van der Waals surface area contributed by atoms with Gasteiger partial charge in [-0.2, -0.15) is 0 Å². The molecule has 0 radical (unpaired) electrons. The standard InChI is InChI=1S/C30H29NO2Si/c1-30(2,3)18-19-13-14-21-23-15-16-31-27(29(23)33-34(4,5)26(21)17-19)24-11-8-10-22-20-9-6-7-12-25(20)32-28(22)24/h6-17H,18H2,1-5H3. The molecule has 3 aromatic carbocycles. The quantitative estimate of drug-likeness (QED) is 0.252. The van der Waals surface area contributed by atoms with Gasteiger partial charge in [0, 0.05) is 28.1 Å². The van der Waals surface area contributed by atoms with E-state index in [0.717, 1.165) is 50.9 Å². The summed E-state index contributed by atoms with van der Waals surface area (Å²) in [7, 11) is -2.20. The van der Waals surface area contributed by atoms with Crippen molar-refractivity contribution in [2.75, 3.05) is 0 Å². The van der Waals surface area contributed by atoms with E-state index in [2.05, 4.69) is 88.5 Å². The number of furan rings is 1. The lowest BCUT2D eigenvalue weighted by Gasteiger charge is -2.35. The molecule has 4 heteroatoms. The zero-order chi connectivity index (χ0) is 23.7. The van der Waals surface area contributed by atoms with E-state index in [1.807, 2.05) is 18.3 Å². The average Bonchev–Trinajstić information content (AvgIpc) is 3.17. The van der Waals surface area contributed by atoms with E-state index in [0.29, 0.717) is 0 Å². The van der Waals surface area contributed by atoms with Crippen molar-refractivity contribution in [1.82, 2.24) is 4.98 Å². The van der Waals surface area contributed by atoms with Gasteiger partial charge in [-0.15, -0.1) is 0 Å². The highest BCUT2D eigenvalue weighted by Gasteiger charge is 2.38. The second kappa shape index (κ2) is 7.31. The number of pyridine rings is 1. The molecule has 1 aliphatic heterocycles. The first-order chi connectivity index (χ1) is 16.2. The molecule has 0 aliphatic carbocycles. The SMILES string of the molecule is CC(C)(C)Cc1ccc2c(c1)[Si](C)(C)Oc1c-2ccnc1-c1cccc2c1oc1ccccc12. The molecular weight excluding hydrogens is 434 g/mol. The predicted octanol–water partition coefficient (Wildman–Crippen LogP) is 7.71. The van der Waals surface area contributed by atoms with Gasteiger partial charge in [0.1, 0.15) is 22.6 Å². The molecule has 0 saturated carbocycles. The van der Waals surface area contributed by atoms with Crippen molar-refractivity contribution in [3.8, 4) is 28.1 Å². The Balaban J connectivity index is 1.56. The van der Waals surface area contributed by atoms with Crippen LogP contribution in [-0.4, -0.2) is 13.3 Å². The number of hydrogen-bond donors (Lipinski definition) is 0. The molecular formula is C30H29NO2Si. The van der Waals surface area contributed by atoms with Gasteiger partial charge in [-0.3, -0.25) is 4.98 Å². The fourth-order valence-electron chi connectivity index (χ4n) is 5.25. The molecule has 0 N–H and O–H groups in total. The second-order valence-electron chi connectivity index (χ2n) is 11.0. The molecule has 0 atom stereocenters. The number of para-hydroxylation sites is 2. The number of nitrogens with zero attached hydrogens (tertiary/aromatic N) is 1. The average molecular weight is 464 g/mol. The van der Waals surface area contributed by atoms with E-state index in [9.17, 15) is 0 Å². The van der Waals surface area contributed by atoms with E-state index < -0.39 is 8.32 Å². The molecule has 3 heterocycles. The normalized spacial score (nSPS) is 14.6. The largest absolute Gasteiger partial charge is 0.538 e. The molecule has 2 aromatic heterocycles. The van der Waals surface area contributed by atoms with Crippen molar-refractivity contribution in [2.24, 2.45) is 5.41 Å². The van der Waals surface area contributed by atoms with Crippen LogP contribution in [-0.2, 0) is 6.42 Å². The summed E-state index contributed by atoms with van der Waals surface area (Å²) in [5.74, 6) is 0.878. The van der Waals surface area contributed by atoms with Crippen molar-refractivity contribution >= 4 is 35.4 Å². The van der Waals surface area contributed by atoms with Crippen molar-refractivity contribution < 1.29 is 8.84 Å². The zero-order valence-electron chi connectivity index (χ0n) is 20.4. The van der Waals surface area contributed by atoms with Crippen molar-refractivity contribution in [3.63, 3.8) is 0 Å². The maximum Gasteiger partial charge on any atom is 0.277 e. The molecule has 0 amide bonds. The van der Waals surface area contributed by atoms with Gasteiger partial charge in [-0.05, 0) is 59.4 Å². The lowest BCUT2D eigenvalue weighted by Crippen LogP contribution is -2.51. The van der Waals surface area contributed by atoms with Crippen LogP contribution in [0.25, 0.3) is 44.3 Å². The predicted molar refractivity (Wildman–Crippen MR) is 143 cm³/mol. The summed E-state index contributed by atoms with van der Waals surface area (Å²) in [6, 6.07) is 23.5. The molecule has 0 fully saturated rings. The third kappa shape index (κ3) is 3.36. The Morgan fingerprint density at radius 2 is 1.62 bits per heavy atom. The summed E-state index contributed by atoms with van der Waals surface area (Å²) in [4.78, 5) is 4.82.